The first-order valence-corrected chi connectivity index (χ1v) is 2.54. The van der Waals surface area contributed by atoms with E-state index in [9.17, 15) is 0 Å². The first kappa shape index (κ1) is 5.16. The number of hydrogen-bond donors (Lipinski definition) is 1. The van der Waals surface area contributed by atoms with E-state index in [0.717, 1.165) is 12.0 Å². The van der Waals surface area contributed by atoms with Gasteiger partial charge in [0.25, 0.3) is 0 Å². The number of aliphatic hydroxyl groups excluding tert-OH is 1. The van der Waals surface area contributed by atoms with Crippen molar-refractivity contribution >= 4 is 0 Å². The molecule has 0 heterocycles. The minimum Gasteiger partial charge on any atom is -0.508 e. The molecule has 0 aromatic carbocycles. The highest BCUT2D eigenvalue weighted by atomic mass is 16.3. The zero-order valence-corrected chi connectivity index (χ0v) is 4.59. The van der Waals surface area contributed by atoms with Crippen molar-refractivity contribution in [2.45, 2.75) is 6.42 Å². The van der Waals surface area contributed by atoms with Gasteiger partial charge >= 0.3 is 0 Å². The Bertz CT molecular complexity index is 163. The summed E-state index contributed by atoms with van der Waals surface area (Å²) in [7, 11) is 0. The van der Waals surface area contributed by atoms with Crippen LogP contribution in [0.1, 0.15) is 6.42 Å². The maximum Gasteiger partial charge on any atom is 0.118 e. The molecule has 0 bridgehead atoms. The molecule has 0 radical (unpaired) electrons. The predicted molar refractivity (Wildman–Crippen MR) is 33.6 cm³/mol. The van der Waals surface area contributed by atoms with Gasteiger partial charge in [-0.2, -0.15) is 0 Å². The van der Waals surface area contributed by atoms with Crippen LogP contribution in [-0.2, 0) is 0 Å². The zero-order valence-electron chi connectivity index (χ0n) is 4.59. The number of hydrogen-bond acceptors (Lipinski definition) is 1. The van der Waals surface area contributed by atoms with E-state index >= 15 is 0 Å². The van der Waals surface area contributed by atoms with Crippen molar-refractivity contribution in [3.05, 3.63) is 36.1 Å². The molecule has 0 fully saturated rings. The molecule has 1 aliphatic rings. The summed E-state index contributed by atoms with van der Waals surface area (Å²) < 4.78 is 0. The van der Waals surface area contributed by atoms with E-state index in [4.69, 9.17) is 5.11 Å². The van der Waals surface area contributed by atoms with Gasteiger partial charge in [-0.1, -0.05) is 18.7 Å². The molecule has 0 aromatic rings. The summed E-state index contributed by atoms with van der Waals surface area (Å²) in [6, 6.07) is 0. The van der Waals surface area contributed by atoms with Crippen molar-refractivity contribution in [1.29, 1.82) is 0 Å². The van der Waals surface area contributed by atoms with Crippen LogP contribution < -0.4 is 0 Å². The van der Waals surface area contributed by atoms with E-state index in [-0.39, 0.29) is 0 Å². The van der Waals surface area contributed by atoms with E-state index < -0.39 is 0 Å². The third kappa shape index (κ3) is 0.808. The average Bonchev–Trinajstić information content (AvgIpc) is 1.77. The van der Waals surface area contributed by atoms with E-state index in [1.54, 1.807) is 6.08 Å². The van der Waals surface area contributed by atoms with Crippen LogP contribution in [0.4, 0.5) is 0 Å². The Kier molecular flexibility index (Phi) is 1.20. The molecule has 1 heteroatoms. The fourth-order valence-corrected chi connectivity index (χ4v) is 0.592. The molecule has 1 N–H and O–H groups in total. The smallest absolute Gasteiger partial charge is 0.118 e. The van der Waals surface area contributed by atoms with Gasteiger partial charge in [0.1, 0.15) is 5.76 Å². The highest BCUT2D eigenvalue weighted by molar-refractivity contribution is 5.31. The molecule has 42 valence electrons. The molecule has 1 rings (SSSR count). The first-order chi connectivity index (χ1) is 3.80. The van der Waals surface area contributed by atoms with Crippen molar-refractivity contribution in [1.82, 2.24) is 0 Å². The van der Waals surface area contributed by atoms with E-state index in [1.165, 1.54) is 0 Å². The number of aliphatic hydroxyl groups is 1. The van der Waals surface area contributed by atoms with Gasteiger partial charge in [-0.3, -0.25) is 0 Å². The summed E-state index contributed by atoms with van der Waals surface area (Å²) >= 11 is 0. The van der Waals surface area contributed by atoms with Crippen LogP contribution in [-0.4, -0.2) is 5.11 Å². The standard InChI is InChI=1S/C7H8O/c1-6-4-2-3-5-7(6)8/h2-3,5,8H,1,4H2. The van der Waals surface area contributed by atoms with Crippen molar-refractivity contribution < 1.29 is 5.11 Å². The van der Waals surface area contributed by atoms with Gasteiger partial charge in [-0.15, -0.1) is 0 Å². The van der Waals surface area contributed by atoms with Gasteiger partial charge in [0.2, 0.25) is 0 Å². The monoisotopic (exact) mass is 108 g/mol. The van der Waals surface area contributed by atoms with Crippen LogP contribution in [0, 0.1) is 0 Å². The number of rotatable bonds is 0. The highest BCUT2D eigenvalue weighted by Crippen LogP contribution is 2.13. The maximum atomic E-state index is 8.89. The SMILES string of the molecule is C=C1CC=CC=C1O. The third-order valence-electron chi connectivity index (χ3n) is 1.12. The largest absolute Gasteiger partial charge is 0.508 e. The summed E-state index contributed by atoms with van der Waals surface area (Å²) in [6.07, 6.45) is 6.21. The van der Waals surface area contributed by atoms with Gasteiger partial charge in [0, 0.05) is 0 Å². The van der Waals surface area contributed by atoms with E-state index in [2.05, 4.69) is 6.58 Å². The zero-order chi connectivity index (χ0) is 5.98. The van der Waals surface area contributed by atoms with Crippen LogP contribution in [0.5, 0.6) is 0 Å². The van der Waals surface area contributed by atoms with E-state index in [1.807, 2.05) is 12.2 Å². The molecule has 0 amide bonds. The Labute approximate surface area is 48.6 Å². The molecule has 0 saturated heterocycles. The third-order valence-corrected chi connectivity index (χ3v) is 1.12. The van der Waals surface area contributed by atoms with Crippen LogP contribution in [0.2, 0.25) is 0 Å². The highest BCUT2D eigenvalue weighted by Gasteiger charge is 1.98. The summed E-state index contributed by atoms with van der Waals surface area (Å²) in [5.74, 6) is 0.313. The number of allylic oxidation sites excluding steroid dienone is 4. The maximum absolute atomic E-state index is 8.89. The molecule has 1 nitrogen and oxygen atoms in total. The van der Waals surface area contributed by atoms with Crippen LogP contribution >= 0.6 is 0 Å². The molecular weight excluding hydrogens is 100 g/mol. The molecule has 8 heavy (non-hydrogen) atoms. The van der Waals surface area contributed by atoms with Gasteiger partial charge in [0.15, 0.2) is 0 Å². The topological polar surface area (TPSA) is 20.2 Å². The lowest BCUT2D eigenvalue weighted by molar-refractivity contribution is 0.420. The minimum absolute atomic E-state index is 0.313. The van der Waals surface area contributed by atoms with Crippen molar-refractivity contribution in [3.8, 4) is 0 Å². The first-order valence-electron chi connectivity index (χ1n) is 2.54. The minimum atomic E-state index is 0.313. The van der Waals surface area contributed by atoms with Gasteiger partial charge in [0.05, 0.1) is 0 Å². The summed E-state index contributed by atoms with van der Waals surface area (Å²) in [5, 5.41) is 8.89. The van der Waals surface area contributed by atoms with Crippen molar-refractivity contribution in [2.24, 2.45) is 0 Å². The Balaban J connectivity index is 2.80. The molecule has 0 aliphatic heterocycles. The van der Waals surface area contributed by atoms with Crippen LogP contribution in [0.15, 0.2) is 36.1 Å². The average molecular weight is 108 g/mol. The Morgan fingerprint density at radius 3 is 2.75 bits per heavy atom. The fraction of sp³-hybridized carbons (Fsp3) is 0.143. The molecule has 0 aromatic heterocycles. The van der Waals surface area contributed by atoms with Crippen LogP contribution in [0.3, 0.4) is 0 Å². The molecule has 0 atom stereocenters. The van der Waals surface area contributed by atoms with Gasteiger partial charge in [-0.25, -0.2) is 0 Å². The Hall–Kier alpha value is -0.980. The van der Waals surface area contributed by atoms with Gasteiger partial charge in [-0.05, 0) is 18.1 Å². The van der Waals surface area contributed by atoms with Crippen molar-refractivity contribution in [2.75, 3.05) is 0 Å². The quantitative estimate of drug-likeness (QED) is 0.502. The van der Waals surface area contributed by atoms with Crippen LogP contribution in [0.25, 0.3) is 0 Å². The molecule has 1 aliphatic carbocycles. The summed E-state index contributed by atoms with van der Waals surface area (Å²) in [4.78, 5) is 0. The molecule has 0 unspecified atom stereocenters. The summed E-state index contributed by atoms with van der Waals surface area (Å²) in [5.41, 5.74) is 0.799. The summed E-state index contributed by atoms with van der Waals surface area (Å²) in [6.45, 7) is 3.63. The lowest BCUT2D eigenvalue weighted by Crippen LogP contribution is -1.87. The van der Waals surface area contributed by atoms with Crippen molar-refractivity contribution in [3.63, 3.8) is 0 Å². The fourth-order valence-electron chi connectivity index (χ4n) is 0.592. The van der Waals surface area contributed by atoms with E-state index in [0.29, 0.717) is 5.76 Å². The Morgan fingerprint density at radius 2 is 2.38 bits per heavy atom. The second-order valence-electron chi connectivity index (χ2n) is 1.79. The molecule has 0 spiro atoms. The van der Waals surface area contributed by atoms with Gasteiger partial charge < -0.3 is 5.11 Å². The second kappa shape index (κ2) is 1.86. The lowest BCUT2D eigenvalue weighted by atomic mass is 10.1. The second-order valence-corrected chi connectivity index (χ2v) is 1.79. The predicted octanol–water partition coefficient (Wildman–Crippen LogP) is 1.94. The Morgan fingerprint density at radius 1 is 1.62 bits per heavy atom. The normalized spacial score (nSPS) is 18.5. The molecular formula is C7H8O. The lowest BCUT2D eigenvalue weighted by Gasteiger charge is -2.02. The molecule has 0 saturated carbocycles.